The lowest BCUT2D eigenvalue weighted by Crippen LogP contribution is -2.13. The maximum atomic E-state index is 12.0. The number of rotatable bonds is 3. The van der Waals surface area contributed by atoms with Gasteiger partial charge < -0.3 is 5.32 Å². The van der Waals surface area contributed by atoms with Gasteiger partial charge in [0.25, 0.3) is 5.91 Å². The lowest BCUT2D eigenvalue weighted by molar-refractivity contribution is 0.102. The van der Waals surface area contributed by atoms with E-state index in [1.807, 2.05) is 6.92 Å². The molecule has 3 rings (SSSR count). The normalized spacial score (nSPS) is 10.3. The standard InChI is InChI=1S/C14H12N6O/c1-10-16-5-6-20(10)13-7-12(17-9-18-13)19-14(21)11-3-2-4-15-8-11/h2-9H,1H3,(H,17,18,19,21). The molecule has 3 aromatic rings. The first-order chi connectivity index (χ1) is 10.2. The van der Waals surface area contributed by atoms with Crippen LogP contribution in [0.15, 0.2) is 49.3 Å². The summed E-state index contributed by atoms with van der Waals surface area (Å²) < 4.78 is 1.81. The van der Waals surface area contributed by atoms with Crippen molar-refractivity contribution in [3.8, 4) is 5.82 Å². The summed E-state index contributed by atoms with van der Waals surface area (Å²) in [5, 5.41) is 2.72. The van der Waals surface area contributed by atoms with Crippen LogP contribution in [-0.2, 0) is 0 Å². The number of amides is 1. The number of hydrogen-bond acceptors (Lipinski definition) is 5. The van der Waals surface area contributed by atoms with Gasteiger partial charge in [-0.25, -0.2) is 15.0 Å². The molecule has 1 amide bonds. The van der Waals surface area contributed by atoms with Crippen LogP contribution >= 0.6 is 0 Å². The van der Waals surface area contributed by atoms with E-state index in [1.165, 1.54) is 12.5 Å². The number of nitrogens with zero attached hydrogens (tertiary/aromatic N) is 5. The number of hydrogen-bond donors (Lipinski definition) is 1. The molecule has 0 aliphatic heterocycles. The maximum Gasteiger partial charge on any atom is 0.258 e. The SMILES string of the molecule is Cc1nccn1-c1cc(NC(=O)c2cccnc2)ncn1. The van der Waals surface area contributed by atoms with Gasteiger partial charge in [-0.3, -0.25) is 14.3 Å². The van der Waals surface area contributed by atoms with Gasteiger partial charge in [-0.05, 0) is 19.1 Å². The highest BCUT2D eigenvalue weighted by atomic mass is 16.1. The Bertz CT molecular complexity index is 768. The molecule has 3 heterocycles. The van der Waals surface area contributed by atoms with Crippen LogP contribution in [0.3, 0.4) is 0 Å². The highest BCUT2D eigenvalue weighted by Crippen LogP contribution is 2.11. The second-order valence-electron chi connectivity index (χ2n) is 4.30. The van der Waals surface area contributed by atoms with E-state index >= 15 is 0 Å². The number of pyridine rings is 1. The van der Waals surface area contributed by atoms with Gasteiger partial charge >= 0.3 is 0 Å². The van der Waals surface area contributed by atoms with E-state index in [0.717, 1.165) is 5.82 Å². The van der Waals surface area contributed by atoms with Crippen molar-refractivity contribution in [2.75, 3.05) is 5.32 Å². The molecule has 21 heavy (non-hydrogen) atoms. The third-order valence-corrected chi connectivity index (χ3v) is 2.89. The van der Waals surface area contributed by atoms with E-state index in [9.17, 15) is 4.79 Å². The zero-order valence-corrected chi connectivity index (χ0v) is 11.3. The summed E-state index contributed by atoms with van der Waals surface area (Å²) in [7, 11) is 0. The van der Waals surface area contributed by atoms with Crippen molar-refractivity contribution in [3.05, 3.63) is 60.7 Å². The fraction of sp³-hybridized carbons (Fsp3) is 0.0714. The van der Waals surface area contributed by atoms with Crippen LogP contribution in [0, 0.1) is 6.92 Å². The minimum Gasteiger partial charge on any atom is -0.306 e. The van der Waals surface area contributed by atoms with Crippen molar-refractivity contribution >= 4 is 11.7 Å². The Hall–Kier alpha value is -3.09. The van der Waals surface area contributed by atoms with Crippen LogP contribution in [0.2, 0.25) is 0 Å². The fourth-order valence-electron chi connectivity index (χ4n) is 1.85. The van der Waals surface area contributed by atoms with Crippen molar-refractivity contribution in [3.63, 3.8) is 0 Å². The molecule has 0 fully saturated rings. The van der Waals surface area contributed by atoms with Gasteiger partial charge in [0, 0.05) is 30.9 Å². The molecule has 3 aromatic heterocycles. The molecule has 0 aliphatic rings. The van der Waals surface area contributed by atoms with E-state index in [4.69, 9.17) is 0 Å². The van der Waals surface area contributed by atoms with Gasteiger partial charge in [0.1, 0.15) is 23.8 Å². The smallest absolute Gasteiger partial charge is 0.258 e. The highest BCUT2D eigenvalue weighted by molar-refractivity contribution is 6.03. The number of imidazole rings is 1. The number of carbonyl (C=O) groups excluding carboxylic acids is 1. The fourth-order valence-corrected chi connectivity index (χ4v) is 1.85. The molecule has 0 radical (unpaired) electrons. The van der Waals surface area contributed by atoms with Crippen LogP contribution in [0.5, 0.6) is 0 Å². The molecule has 0 aromatic carbocycles. The van der Waals surface area contributed by atoms with E-state index in [2.05, 4.69) is 25.3 Å². The molecule has 1 N–H and O–H groups in total. The van der Waals surface area contributed by atoms with Crippen molar-refractivity contribution in [2.45, 2.75) is 6.92 Å². The summed E-state index contributed by atoms with van der Waals surface area (Å²) in [6.07, 6.45) is 7.99. The van der Waals surface area contributed by atoms with Crippen LogP contribution in [0.1, 0.15) is 16.2 Å². The second-order valence-corrected chi connectivity index (χ2v) is 4.30. The molecule has 0 spiro atoms. The van der Waals surface area contributed by atoms with Gasteiger partial charge in [0.05, 0.1) is 5.56 Å². The van der Waals surface area contributed by atoms with Crippen LogP contribution in [0.25, 0.3) is 5.82 Å². The molecule has 0 bridgehead atoms. The van der Waals surface area contributed by atoms with E-state index in [-0.39, 0.29) is 5.91 Å². The predicted molar refractivity (Wildman–Crippen MR) is 76.1 cm³/mol. The Kier molecular flexibility index (Phi) is 3.38. The summed E-state index contributed by atoms with van der Waals surface area (Å²) in [5.41, 5.74) is 0.469. The first-order valence-electron chi connectivity index (χ1n) is 6.28. The number of nitrogens with one attached hydrogen (secondary N) is 1. The van der Waals surface area contributed by atoms with Gasteiger partial charge in [-0.15, -0.1) is 0 Å². The van der Waals surface area contributed by atoms with Gasteiger partial charge in [0.2, 0.25) is 0 Å². The molecule has 7 nitrogen and oxygen atoms in total. The molecule has 7 heteroatoms. The quantitative estimate of drug-likeness (QED) is 0.788. The van der Waals surface area contributed by atoms with E-state index in [0.29, 0.717) is 17.2 Å². The van der Waals surface area contributed by atoms with E-state index < -0.39 is 0 Å². The minimum atomic E-state index is -0.268. The lowest BCUT2D eigenvalue weighted by Gasteiger charge is -2.07. The van der Waals surface area contributed by atoms with Crippen LogP contribution in [-0.4, -0.2) is 30.4 Å². The largest absolute Gasteiger partial charge is 0.306 e. The molecule has 0 unspecified atom stereocenters. The maximum absolute atomic E-state index is 12.0. The third kappa shape index (κ3) is 2.76. The predicted octanol–water partition coefficient (Wildman–Crippen LogP) is 1.62. The number of aryl methyl sites for hydroxylation is 1. The summed E-state index contributed by atoms with van der Waals surface area (Å²) >= 11 is 0. The molecule has 0 saturated carbocycles. The Morgan fingerprint density at radius 2 is 2.14 bits per heavy atom. The van der Waals surface area contributed by atoms with Crippen molar-refractivity contribution < 1.29 is 4.79 Å². The Morgan fingerprint density at radius 1 is 1.24 bits per heavy atom. The van der Waals surface area contributed by atoms with Crippen LogP contribution < -0.4 is 5.32 Å². The van der Waals surface area contributed by atoms with Crippen molar-refractivity contribution in [1.29, 1.82) is 0 Å². The number of carbonyl (C=O) groups is 1. The zero-order chi connectivity index (χ0) is 14.7. The second kappa shape index (κ2) is 5.49. The molecule has 0 aliphatic carbocycles. The van der Waals surface area contributed by atoms with E-state index in [1.54, 1.807) is 41.4 Å². The zero-order valence-electron chi connectivity index (χ0n) is 11.3. The van der Waals surface area contributed by atoms with Crippen LogP contribution in [0.4, 0.5) is 5.82 Å². The average molecular weight is 280 g/mol. The summed E-state index contributed by atoms with van der Waals surface area (Å²) in [6, 6.07) is 5.07. The first kappa shape index (κ1) is 12.9. The van der Waals surface area contributed by atoms with Gasteiger partial charge in [-0.1, -0.05) is 0 Å². The molecular formula is C14H12N6O. The number of aromatic nitrogens is 5. The average Bonchev–Trinajstić information content (AvgIpc) is 2.94. The topological polar surface area (TPSA) is 85.6 Å². The van der Waals surface area contributed by atoms with Gasteiger partial charge in [-0.2, -0.15) is 0 Å². The summed E-state index contributed by atoms with van der Waals surface area (Å²) in [6.45, 7) is 1.87. The van der Waals surface area contributed by atoms with Crippen molar-refractivity contribution in [1.82, 2.24) is 24.5 Å². The summed E-state index contributed by atoms with van der Waals surface area (Å²) in [4.78, 5) is 28.3. The molecular weight excluding hydrogens is 268 g/mol. The Morgan fingerprint density at radius 3 is 2.86 bits per heavy atom. The third-order valence-electron chi connectivity index (χ3n) is 2.89. The Balaban J connectivity index is 1.84. The summed E-state index contributed by atoms with van der Waals surface area (Å²) in [5.74, 6) is 1.59. The molecule has 0 saturated heterocycles. The Labute approximate surface area is 120 Å². The molecule has 104 valence electrons. The minimum absolute atomic E-state index is 0.268. The monoisotopic (exact) mass is 280 g/mol. The highest BCUT2D eigenvalue weighted by Gasteiger charge is 2.08. The van der Waals surface area contributed by atoms with Gasteiger partial charge in [0.15, 0.2) is 0 Å². The number of anilines is 1. The molecule has 0 atom stereocenters. The lowest BCUT2D eigenvalue weighted by atomic mass is 10.3. The van der Waals surface area contributed by atoms with Crippen molar-refractivity contribution in [2.24, 2.45) is 0 Å². The first-order valence-corrected chi connectivity index (χ1v) is 6.28.